The molecule has 0 heterocycles. The summed E-state index contributed by atoms with van der Waals surface area (Å²) >= 11 is 0. The number of allylic oxidation sites excluding steroid dienone is 14. The summed E-state index contributed by atoms with van der Waals surface area (Å²) in [5.74, 6) is -0.974. The lowest BCUT2D eigenvalue weighted by molar-refractivity contribution is -0.167. The molecule has 0 bridgehead atoms. The quantitative estimate of drug-likeness (QED) is 0.0262. The van der Waals surface area contributed by atoms with Gasteiger partial charge in [0.05, 0.1) is 0 Å². The number of carbonyl (C=O) groups excluding carboxylic acids is 3. The van der Waals surface area contributed by atoms with Crippen molar-refractivity contribution in [2.24, 2.45) is 0 Å². The summed E-state index contributed by atoms with van der Waals surface area (Å²) in [5, 5.41) is 0. The Morgan fingerprint density at radius 3 is 0.985 bits per heavy atom. The molecule has 0 aliphatic heterocycles. The molecule has 0 aromatic heterocycles. The first-order valence-corrected chi connectivity index (χ1v) is 28.1. The van der Waals surface area contributed by atoms with Crippen molar-refractivity contribution in [3.63, 3.8) is 0 Å². The van der Waals surface area contributed by atoms with Crippen LogP contribution in [0.5, 0.6) is 0 Å². The van der Waals surface area contributed by atoms with Crippen LogP contribution in [0.2, 0.25) is 0 Å². The van der Waals surface area contributed by atoms with E-state index in [0.29, 0.717) is 19.3 Å². The third-order valence-electron chi connectivity index (χ3n) is 11.9. The normalized spacial score (nSPS) is 12.7. The second-order valence-corrected chi connectivity index (χ2v) is 18.5. The first-order chi connectivity index (χ1) is 33.0. The molecule has 0 amide bonds. The Hall–Kier alpha value is -3.41. The lowest BCUT2D eigenvalue weighted by Gasteiger charge is -2.18. The zero-order valence-electron chi connectivity index (χ0n) is 43.9. The van der Waals surface area contributed by atoms with E-state index in [2.05, 4.69) is 106 Å². The van der Waals surface area contributed by atoms with E-state index < -0.39 is 6.10 Å². The zero-order chi connectivity index (χ0) is 48.6. The van der Waals surface area contributed by atoms with E-state index in [4.69, 9.17) is 14.2 Å². The Kier molecular flexibility index (Phi) is 52.4. The maximum atomic E-state index is 12.8. The van der Waals surface area contributed by atoms with Crippen molar-refractivity contribution < 1.29 is 28.6 Å². The van der Waals surface area contributed by atoms with E-state index in [1.807, 2.05) is 0 Å². The monoisotopic (exact) mass is 933 g/mol. The van der Waals surface area contributed by atoms with Crippen LogP contribution in [0.25, 0.3) is 0 Å². The Morgan fingerprint density at radius 2 is 0.597 bits per heavy atom. The Bertz CT molecular complexity index is 1300. The summed E-state index contributed by atoms with van der Waals surface area (Å²) in [6, 6.07) is 0. The highest BCUT2D eigenvalue weighted by Gasteiger charge is 2.19. The number of hydrogen-bond acceptors (Lipinski definition) is 6. The lowest BCUT2D eigenvalue weighted by Crippen LogP contribution is -2.30. The van der Waals surface area contributed by atoms with E-state index in [9.17, 15) is 14.4 Å². The van der Waals surface area contributed by atoms with Gasteiger partial charge in [-0.3, -0.25) is 14.4 Å². The van der Waals surface area contributed by atoms with Gasteiger partial charge in [-0.1, -0.05) is 221 Å². The molecule has 0 N–H and O–H groups in total. The van der Waals surface area contributed by atoms with Crippen molar-refractivity contribution in [2.75, 3.05) is 13.2 Å². The van der Waals surface area contributed by atoms with Crippen molar-refractivity contribution in [1.29, 1.82) is 0 Å². The molecule has 0 unspecified atom stereocenters. The molecular formula is C61H104O6. The number of esters is 3. The molecule has 0 aromatic rings. The van der Waals surface area contributed by atoms with Gasteiger partial charge in [0, 0.05) is 19.3 Å². The van der Waals surface area contributed by atoms with Crippen molar-refractivity contribution in [3.8, 4) is 0 Å². The predicted molar refractivity (Wildman–Crippen MR) is 288 cm³/mol. The van der Waals surface area contributed by atoms with Gasteiger partial charge in [0.15, 0.2) is 6.10 Å². The molecule has 0 aliphatic rings. The molecule has 1 atom stereocenters. The minimum absolute atomic E-state index is 0.102. The molecular weight excluding hydrogens is 829 g/mol. The highest BCUT2D eigenvalue weighted by Crippen LogP contribution is 2.14. The number of unbranched alkanes of at least 4 members (excludes halogenated alkanes) is 25. The summed E-state index contributed by atoms with van der Waals surface area (Å²) < 4.78 is 16.8. The van der Waals surface area contributed by atoms with Crippen LogP contribution in [0.15, 0.2) is 85.1 Å². The molecule has 0 aromatic carbocycles. The van der Waals surface area contributed by atoms with Crippen molar-refractivity contribution >= 4 is 17.9 Å². The SMILES string of the molecule is CC/C=C\C/C=C\C/C=C\C/C=C\C/C=C\CCCC(=O)OC[C@@H](COC(=O)CCCCCCC/C=C\CCCCCCCCC)OC(=O)CCCCCCC/C=C\CCCCCCCCC. The zero-order valence-corrected chi connectivity index (χ0v) is 43.9. The molecule has 0 spiro atoms. The topological polar surface area (TPSA) is 78.9 Å². The first kappa shape index (κ1) is 63.6. The van der Waals surface area contributed by atoms with Crippen LogP contribution >= 0.6 is 0 Å². The van der Waals surface area contributed by atoms with E-state index in [-0.39, 0.29) is 37.5 Å². The summed E-state index contributed by atoms with van der Waals surface area (Å²) in [7, 11) is 0. The molecule has 0 aliphatic carbocycles. The van der Waals surface area contributed by atoms with Gasteiger partial charge in [-0.15, -0.1) is 0 Å². The maximum absolute atomic E-state index is 12.8. The van der Waals surface area contributed by atoms with Crippen molar-refractivity contribution in [2.45, 2.75) is 271 Å². The van der Waals surface area contributed by atoms with Gasteiger partial charge >= 0.3 is 17.9 Å². The minimum Gasteiger partial charge on any atom is -0.462 e. The number of ether oxygens (including phenoxy) is 3. The van der Waals surface area contributed by atoms with E-state index in [1.165, 1.54) is 122 Å². The Morgan fingerprint density at radius 1 is 0.313 bits per heavy atom. The van der Waals surface area contributed by atoms with Gasteiger partial charge < -0.3 is 14.2 Å². The van der Waals surface area contributed by atoms with Crippen molar-refractivity contribution in [1.82, 2.24) is 0 Å². The second kappa shape index (κ2) is 55.2. The summed E-state index contributed by atoms with van der Waals surface area (Å²) in [4.78, 5) is 38.1. The molecule has 67 heavy (non-hydrogen) atoms. The third kappa shape index (κ3) is 53.4. The second-order valence-electron chi connectivity index (χ2n) is 18.5. The number of hydrogen-bond donors (Lipinski definition) is 0. The van der Waals surface area contributed by atoms with Crippen LogP contribution in [0.1, 0.15) is 265 Å². The van der Waals surface area contributed by atoms with E-state index in [0.717, 1.165) is 96.3 Å². The van der Waals surface area contributed by atoms with Crippen LogP contribution in [0.4, 0.5) is 0 Å². The van der Waals surface area contributed by atoms with Crippen LogP contribution in [-0.2, 0) is 28.6 Å². The maximum Gasteiger partial charge on any atom is 0.306 e. The molecule has 0 radical (unpaired) electrons. The summed E-state index contributed by atoms with van der Waals surface area (Å²) in [6.07, 6.45) is 71.5. The fraction of sp³-hybridized carbons (Fsp3) is 0.721. The van der Waals surface area contributed by atoms with E-state index in [1.54, 1.807) is 0 Å². The highest BCUT2D eigenvalue weighted by atomic mass is 16.6. The molecule has 6 nitrogen and oxygen atoms in total. The minimum atomic E-state index is -0.807. The first-order valence-electron chi connectivity index (χ1n) is 28.1. The fourth-order valence-corrected chi connectivity index (χ4v) is 7.64. The highest BCUT2D eigenvalue weighted by molar-refractivity contribution is 5.71. The standard InChI is InChI=1S/C61H104O6/c1-4-7-10-13-16-19-22-25-28-31-34-36-39-42-45-48-51-54-60(63)66-57-58(67-61(64)55-52-49-46-43-40-37-33-30-27-24-21-18-15-12-9-6-3)56-65-59(62)53-50-47-44-41-38-35-32-29-26-23-20-17-14-11-8-5-2/h7,10,16,19,25,28-30,32-34,36,42,45,58H,4-6,8-9,11-15,17-18,20-24,26-27,31,35,37-41,43-44,46-57H2,1-3H3/b10-7-,19-16-,28-25-,32-29-,33-30-,36-34-,45-42-/t58-/m1/s1. The summed E-state index contributed by atoms with van der Waals surface area (Å²) in [6.45, 7) is 6.47. The lowest BCUT2D eigenvalue weighted by atomic mass is 10.1. The summed E-state index contributed by atoms with van der Waals surface area (Å²) in [5.41, 5.74) is 0. The Balaban J connectivity index is 4.49. The molecule has 0 fully saturated rings. The third-order valence-corrected chi connectivity index (χ3v) is 11.9. The Labute approximate surface area is 414 Å². The molecule has 0 saturated heterocycles. The number of rotatable bonds is 50. The van der Waals surface area contributed by atoms with Gasteiger partial charge in [-0.05, 0) is 109 Å². The van der Waals surface area contributed by atoms with Gasteiger partial charge in [0.25, 0.3) is 0 Å². The van der Waals surface area contributed by atoms with Crippen LogP contribution < -0.4 is 0 Å². The van der Waals surface area contributed by atoms with Gasteiger partial charge in [0.2, 0.25) is 0 Å². The van der Waals surface area contributed by atoms with Crippen LogP contribution in [0, 0.1) is 0 Å². The fourth-order valence-electron chi connectivity index (χ4n) is 7.64. The van der Waals surface area contributed by atoms with Crippen LogP contribution in [-0.4, -0.2) is 37.2 Å². The van der Waals surface area contributed by atoms with Gasteiger partial charge in [-0.25, -0.2) is 0 Å². The van der Waals surface area contributed by atoms with Gasteiger partial charge in [0.1, 0.15) is 13.2 Å². The molecule has 0 rings (SSSR count). The van der Waals surface area contributed by atoms with Crippen molar-refractivity contribution in [3.05, 3.63) is 85.1 Å². The molecule has 0 saturated carbocycles. The van der Waals surface area contributed by atoms with E-state index >= 15 is 0 Å². The van der Waals surface area contributed by atoms with Gasteiger partial charge in [-0.2, -0.15) is 0 Å². The average Bonchev–Trinajstić information content (AvgIpc) is 3.33. The molecule has 384 valence electrons. The largest absolute Gasteiger partial charge is 0.462 e. The predicted octanol–water partition coefficient (Wildman–Crippen LogP) is 18.8. The average molecular weight is 933 g/mol. The molecule has 6 heteroatoms. The van der Waals surface area contributed by atoms with Crippen LogP contribution in [0.3, 0.4) is 0 Å². The smallest absolute Gasteiger partial charge is 0.306 e. The number of carbonyl (C=O) groups is 3.